The van der Waals surface area contributed by atoms with Gasteiger partial charge in [-0.2, -0.15) is 55.7 Å². The largest absolute Gasteiger partial charge is 0.199 e. The molecule has 0 unspecified atom stereocenters. The molecule has 0 aromatic heterocycles. The topological polar surface area (TPSA) is 0 Å². The minimum absolute atomic E-state index is 0. The van der Waals surface area contributed by atoms with E-state index >= 15 is 0 Å². The molecular formula is C9H9Y3-3. The van der Waals surface area contributed by atoms with Gasteiger partial charge in [-0.25, -0.2) is 0 Å². The van der Waals surface area contributed by atoms with E-state index in [4.69, 9.17) is 0 Å². The van der Waals surface area contributed by atoms with Gasteiger partial charge in [0.1, 0.15) is 0 Å². The molecule has 0 spiro atoms. The van der Waals surface area contributed by atoms with E-state index in [1.54, 1.807) is 0 Å². The smallest absolute Gasteiger partial charge is 0 e. The molecule has 1 aromatic rings. The van der Waals surface area contributed by atoms with Crippen LogP contribution in [0.25, 0.3) is 0 Å². The molecule has 1 aromatic carbocycles. The van der Waals surface area contributed by atoms with Gasteiger partial charge >= 0.3 is 0 Å². The number of hydrogen-bond acceptors (Lipinski definition) is 0. The van der Waals surface area contributed by atoms with Crippen LogP contribution in [0.3, 0.4) is 0 Å². The number of benzene rings is 1. The molecule has 3 heteroatoms. The van der Waals surface area contributed by atoms with Gasteiger partial charge in [0.2, 0.25) is 0 Å². The van der Waals surface area contributed by atoms with E-state index in [1.165, 1.54) is 0 Å². The SMILES string of the molecule is [CH2-]c1cc([CH2-])cc([CH2-])c1.[Y].[Y].[Y]. The summed E-state index contributed by atoms with van der Waals surface area (Å²) in [5.74, 6) is 0. The summed E-state index contributed by atoms with van der Waals surface area (Å²) in [4.78, 5) is 0. The molecule has 0 saturated heterocycles. The maximum atomic E-state index is 3.76. The van der Waals surface area contributed by atoms with Gasteiger partial charge in [-0.1, -0.05) is 0 Å². The molecule has 0 aliphatic heterocycles. The molecule has 0 bridgehead atoms. The summed E-state index contributed by atoms with van der Waals surface area (Å²) in [5, 5.41) is 0. The average molecular weight is 384 g/mol. The Morgan fingerprint density at radius 1 is 0.583 bits per heavy atom. The van der Waals surface area contributed by atoms with Crippen molar-refractivity contribution in [2.75, 3.05) is 0 Å². The minimum atomic E-state index is 0. The molecule has 0 aliphatic carbocycles. The Labute approximate surface area is 151 Å². The third-order valence-corrected chi connectivity index (χ3v) is 1.11. The van der Waals surface area contributed by atoms with Crippen LogP contribution in [0.5, 0.6) is 0 Å². The molecule has 1 rings (SSSR count). The van der Waals surface area contributed by atoms with Gasteiger partial charge in [-0.15, -0.1) is 0 Å². The van der Waals surface area contributed by atoms with Gasteiger partial charge in [0.05, 0.1) is 0 Å². The first kappa shape index (κ1) is 19.7. The van der Waals surface area contributed by atoms with Crippen molar-refractivity contribution in [3.8, 4) is 0 Å². The van der Waals surface area contributed by atoms with Crippen LogP contribution in [-0.2, 0) is 98.1 Å². The Hall–Kier alpha value is 2.14. The van der Waals surface area contributed by atoms with E-state index in [1.807, 2.05) is 18.2 Å². The van der Waals surface area contributed by atoms with Gasteiger partial charge < -0.3 is 0 Å². The van der Waals surface area contributed by atoms with Crippen molar-refractivity contribution in [1.82, 2.24) is 0 Å². The maximum absolute atomic E-state index is 3.76. The second-order valence-electron chi connectivity index (χ2n) is 2.16. The Morgan fingerprint density at radius 2 is 0.750 bits per heavy atom. The fraction of sp³-hybridized carbons (Fsp3) is 0. The summed E-state index contributed by atoms with van der Waals surface area (Å²) in [6.45, 7) is 11.3. The van der Waals surface area contributed by atoms with Crippen LogP contribution in [0, 0.1) is 20.8 Å². The van der Waals surface area contributed by atoms with E-state index in [-0.39, 0.29) is 98.1 Å². The van der Waals surface area contributed by atoms with Crippen LogP contribution >= 0.6 is 0 Å². The fourth-order valence-electron chi connectivity index (χ4n) is 0.839. The van der Waals surface area contributed by atoms with Crippen LogP contribution in [0.15, 0.2) is 18.2 Å². The molecule has 3 radical (unpaired) electrons. The summed E-state index contributed by atoms with van der Waals surface area (Å²) < 4.78 is 0. The predicted octanol–water partition coefficient (Wildman–Crippen LogP) is 2.23. The third kappa shape index (κ3) is 7.54. The van der Waals surface area contributed by atoms with E-state index in [2.05, 4.69) is 20.8 Å². The molecule has 0 amide bonds. The molecule has 0 saturated carbocycles. The third-order valence-electron chi connectivity index (χ3n) is 1.11. The molecule has 0 atom stereocenters. The van der Waals surface area contributed by atoms with Crippen LogP contribution < -0.4 is 0 Å². The Morgan fingerprint density at radius 3 is 0.917 bits per heavy atom. The summed E-state index contributed by atoms with van der Waals surface area (Å²) in [5.41, 5.74) is 2.94. The van der Waals surface area contributed by atoms with E-state index in [0.717, 1.165) is 16.7 Å². The van der Waals surface area contributed by atoms with Crippen LogP contribution in [0.2, 0.25) is 0 Å². The summed E-state index contributed by atoms with van der Waals surface area (Å²) >= 11 is 0. The first-order chi connectivity index (χ1) is 4.18. The number of rotatable bonds is 0. The van der Waals surface area contributed by atoms with Crippen molar-refractivity contribution in [3.63, 3.8) is 0 Å². The van der Waals surface area contributed by atoms with Gasteiger partial charge in [-0.05, 0) is 0 Å². The van der Waals surface area contributed by atoms with Crippen LogP contribution in [-0.4, -0.2) is 0 Å². The second kappa shape index (κ2) is 9.69. The first-order valence-electron chi connectivity index (χ1n) is 2.79. The van der Waals surface area contributed by atoms with Crippen LogP contribution in [0.1, 0.15) is 16.7 Å². The van der Waals surface area contributed by atoms with Crippen molar-refractivity contribution in [2.24, 2.45) is 0 Å². The van der Waals surface area contributed by atoms with Crippen LogP contribution in [0.4, 0.5) is 0 Å². The minimum Gasteiger partial charge on any atom is -0.199 e. The van der Waals surface area contributed by atoms with Crippen molar-refractivity contribution >= 4 is 0 Å². The average Bonchev–Trinajstić information content (AvgIpc) is 1.59. The zero-order valence-corrected chi connectivity index (χ0v) is 15.6. The quantitative estimate of drug-likeness (QED) is 0.603. The fourth-order valence-corrected chi connectivity index (χ4v) is 0.839. The molecule has 12 heavy (non-hydrogen) atoms. The predicted molar refractivity (Wildman–Crippen MR) is 39.8 cm³/mol. The second-order valence-corrected chi connectivity index (χ2v) is 2.16. The zero-order valence-electron chi connectivity index (χ0n) is 7.09. The van der Waals surface area contributed by atoms with Crippen molar-refractivity contribution in [1.29, 1.82) is 0 Å². The monoisotopic (exact) mass is 384 g/mol. The summed E-state index contributed by atoms with van der Waals surface area (Å²) in [6, 6.07) is 5.78. The summed E-state index contributed by atoms with van der Waals surface area (Å²) in [6.07, 6.45) is 0. The van der Waals surface area contributed by atoms with Crippen molar-refractivity contribution in [2.45, 2.75) is 0 Å². The zero-order chi connectivity index (χ0) is 6.85. The van der Waals surface area contributed by atoms with E-state index in [9.17, 15) is 0 Å². The Kier molecular flexibility index (Phi) is 15.9. The molecule has 0 heterocycles. The Bertz CT molecular complexity index is 171. The molecule has 0 N–H and O–H groups in total. The maximum Gasteiger partial charge on any atom is 0 e. The van der Waals surface area contributed by atoms with E-state index in [0.29, 0.717) is 0 Å². The van der Waals surface area contributed by atoms with Gasteiger partial charge in [0, 0.05) is 98.1 Å². The van der Waals surface area contributed by atoms with Crippen molar-refractivity contribution in [3.05, 3.63) is 55.7 Å². The Balaban J connectivity index is -0.000000270. The van der Waals surface area contributed by atoms with Crippen molar-refractivity contribution < 1.29 is 98.1 Å². The normalized spacial score (nSPS) is 7.00. The first-order valence-corrected chi connectivity index (χ1v) is 2.79. The summed E-state index contributed by atoms with van der Waals surface area (Å²) in [7, 11) is 0. The van der Waals surface area contributed by atoms with Gasteiger partial charge in [0.25, 0.3) is 0 Å². The molecule has 0 nitrogen and oxygen atoms in total. The molecule has 0 fully saturated rings. The van der Waals surface area contributed by atoms with Gasteiger partial charge in [0.15, 0.2) is 0 Å². The van der Waals surface area contributed by atoms with Gasteiger partial charge in [-0.3, -0.25) is 0 Å². The molecular weight excluding hydrogens is 375 g/mol. The standard InChI is InChI=1S/C9H9.3Y/c1-7-4-8(2)6-9(3)5-7;;;/h4-6H,1-3H2;;;/q-3;;;. The number of hydrogen-bond donors (Lipinski definition) is 0. The van der Waals surface area contributed by atoms with E-state index < -0.39 is 0 Å². The molecule has 0 aliphatic rings. The molecule has 57 valence electrons.